The number of nitrogens with one attached hydrogen (secondary N) is 2. The van der Waals surface area contributed by atoms with E-state index >= 15 is 0 Å². The number of rotatable bonds is 6. The summed E-state index contributed by atoms with van der Waals surface area (Å²) < 4.78 is 0. The molecule has 0 aliphatic carbocycles. The van der Waals surface area contributed by atoms with Gasteiger partial charge in [-0.25, -0.2) is 5.43 Å². The van der Waals surface area contributed by atoms with Crippen LogP contribution in [-0.4, -0.2) is 28.2 Å². The first kappa shape index (κ1) is 18.8. The van der Waals surface area contributed by atoms with Gasteiger partial charge in [-0.15, -0.1) is 0 Å². The molecule has 0 radical (unpaired) electrons. The van der Waals surface area contributed by atoms with Crippen LogP contribution < -0.4 is 10.7 Å². The van der Waals surface area contributed by atoms with E-state index in [2.05, 4.69) is 15.8 Å². The van der Waals surface area contributed by atoms with E-state index in [0.29, 0.717) is 0 Å². The third kappa shape index (κ3) is 4.42. The van der Waals surface area contributed by atoms with Gasteiger partial charge in [-0.3, -0.25) is 14.9 Å². The molecule has 8 nitrogen and oxygen atoms in total. The number of phenolic OH excluding ortho intramolecular Hbond substituents is 1. The predicted molar refractivity (Wildman–Crippen MR) is 108 cm³/mol. The largest absolute Gasteiger partial charge is 0.507 e. The lowest BCUT2D eigenvalue weighted by molar-refractivity contribution is -0.384. The van der Waals surface area contributed by atoms with Gasteiger partial charge in [0.05, 0.1) is 11.1 Å². The van der Waals surface area contributed by atoms with Crippen LogP contribution in [0.15, 0.2) is 65.8 Å². The maximum atomic E-state index is 12.2. The summed E-state index contributed by atoms with van der Waals surface area (Å²) >= 11 is 0. The molecular formula is C20H18N4O4. The van der Waals surface area contributed by atoms with Gasteiger partial charge in [-0.2, -0.15) is 5.10 Å². The number of aromatic hydroxyl groups is 1. The first-order valence-electron chi connectivity index (χ1n) is 8.50. The van der Waals surface area contributed by atoms with E-state index in [0.717, 1.165) is 22.7 Å². The van der Waals surface area contributed by atoms with Crippen molar-refractivity contribution in [1.29, 1.82) is 0 Å². The Bertz CT molecular complexity index is 1070. The molecule has 3 N–H and O–H groups in total. The lowest BCUT2D eigenvalue weighted by Gasteiger charge is -2.14. The molecule has 0 saturated carbocycles. The zero-order valence-electron chi connectivity index (χ0n) is 15.0. The summed E-state index contributed by atoms with van der Waals surface area (Å²) in [5.74, 6) is -0.569. The zero-order chi connectivity index (χ0) is 20.1. The number of benzene rings is 3. The minimum atomic E-state index is -0.578. The Labute approximate surface area is 160 Å². The van der Waals surface area contributed by atoms with Crippen LogP contribution in [-0.2, 0) is 4.79 Å². The molecule has 0 aliphatic rings. The highest BCUT2D eigenvalue weighted by atomic mass is 16.6. The number of phenols is 1. The molecule has 0 saturated heterocycles. The molecule has 0 aliphatic heterocycles. The van der Waals surface area contributed by atoms with Gasteiger partial charge in [0.1, 0.15) is 11.8 Å². The third-order valence-corrected chi connectivity index (χ3v) is 4.13. The van der Waals surface area contributed by atoms with Gasteiger partial charge in [0.15, 0.2) is 0 Å². The van der Waals surface area contributed by atoms with Gasteiger partial charge in [0.2, 0.25) is 0 Å². The molecule has 3 aromatic rings. The number of anilines is 1. The highest BCUT2D eigenvalue weighted by Gasteiger charge is 2.12. The van der Waals surface area contributed by atoms with Crippen molar-refractivity contribution in [2.24, 2.45) is 5.10 Å². The van der Waals surface area contributed by atoms with Gasteiger partial charge in [0.25, 0.3) is 11.6 Å². The number of amides is 1. The minimum absolute atomic E-state index is 0.129. The number of non-ortho nitro benzene ring substituents is 1. The van der Waals surface area contributed by atoms with E-state index in [1.165, 1.54) is 18.2 Å². The normalized spacial score (nSPS) is 12.0. The highest BCUT2D eigenvalue weighted by Crippen LogP contribution is 2.21. The number of fused-ring (bicyclic) bond motifs is 1. The molecule has 0 fully saturated rings. The Morgan fingerprint density at radius 1 is 1.14 bits per heavy atom. The molecule has 8 heteroatoms. The van der Waals surface area contributed by atoms with Crippen molar-refractivity contribution in [3.05, 3.63) is 76.3 Å². The average Bonchev–Trinajstić information content (AvgIpc) is 2.69. The molecule has 142 valence electrons. The Balaban J connectivity index is 1.63. The number of hydrazone groups is 1. The molecule has 3 rings (SSSR count). The van der Waals surface area contributed by atoms with E-state index in [1.54, 1.807) is 6.92 Å². The van der Waals surface area contributed by atoms with Gasteiger partial charge < -0.3 is 10.4 Å². The van der Waals surface area contributed by atoms with Crippen molar-refractivity contribution in [3.63, 3.8) is 0 Å². The standard InChI is InChI=1S/C20H18N4O4/c1-13(22-17-7-6-14-4-2-3-5-15(14)10-17)20(26)23-21-12-16-11-18(24(27)28)8-9-19(16)25/h2-13,22,25H,1H3,(H,23,26)/b21-12+/t13-/m0/s1. The van der Waals surface area contributed by atoms with Crippen LogP contribution in [0.4, 0.5) is 11.4 Å². The number of hydrogen-bond donors (Lipinski definition) is 3. The van der Waals surface area contributed by atoms with E-state index in [-0.39, 0.29) is 17.0 Å². The summed E-state index contributed by atoms with van der Waals surface area (Å²) in [4.78, 5) is 22.4. The lowest BCUT2D eigenvalue weighted by Crippen LogP contribution is -2.34. The van der Waals surface area contributed by atoms with Gasteiger partial charge in [0, 0.05) is 23.4 Å². The van der Waals surface area contributed by atoms with Gasteiger partial charge in [-0.05, 0) is 35.9 Å². The van der Waals surface area contributed by atoms with Crippen LogP contribution in [0.25, 0.3) is 10.8 Å². The molecule has 1 atom stereocenters. The Kier molecular flexibility index (Phi) is 5.50. The fourth-order valence-electron chi connectivity index (χ4n) is 2.62. The Morgan fingerprint density at radius 2 is 1.89 bits per heavy atom. The predicted octanol–water partition coefficient (Wildman–Crippen LogP) is 3.40. The van der Waals surface area contributed by atoms with Crippen LogP contribution >= 0.6 is 0 Å². The summed E-state index contributed by atoms with van der Waals surface area (Å²) in [6.07, 6.45) is 1.16. The maximum absolute atomic E-state index is 12.2. The smallest absolute Gasteiger partial charge is 0.270 e. The SMILES string of the molecule is C[C@H](Nc1ccc2ccccc2c1)C(=O)N/N=C/c1cc([N+](=O)[O-])ccc1O. The molecule has 0 heterocycles. The fourth-order valence-corrected chi connectivity index (χ4v) is 2.62. The molecule has 3 aromatic carbocycles. The first-order chi connectivity index (χ1) is 13.4. The Morgan fingerprint density at radius 3 is 2.64 bits per heavy atom. The number of hydrogen-bond acceptors (Lipinski definition) is 6. The Hall–Kier alpha value is -3.94. The van der Waals surface area contributed by atoms with Crippen LogP contribution in [0, 0.1) is 10.1 Å². The number of carbonyl (C=O) groups excluding carboxylic acids is 1. The summed E-state index contributed by atoms with van der Waals surface area (Å²) in [5, 5.41) is 29.5. The van der Waals surface area contributed by atoms with Crippen molar-refractivity contribution in [2.75, 3.05) is 5.32 Å². The lowest BCUT2D eigenvalue weighted by atomic mass is 10.1. The second-order valence-electron chi connectivity index (χ2n) is 6.16. The number of nitro benzene ring substituents is 1. The van der Waals surface area contributed by atoms with Crippen LogP contribution in [0.5, 0.6) is 5.75 Å². The van der Waals surface area contributed by atoms with E-state index in [4.69, 9.17) is 0 Å². The minimum Gasteiger partial charge on any atom is -0.507 e. The summed E-state index contributed by atoms with van der Waals surface area (Å²) in [6, 6.07) is 16.7. The second kappa shape index (κ2) is 8.17. The summed E-state index contributed by atoms with van der Waals surface area (Å²) in [7, 11) is 0. The van der Waals surface area contributed by atoms with Crippen LogP contribution in [0.3, 0.4) is 0 Å². The molecule has 1 amide bonds. The van der Waals surface area contributed by atoms with Crippen LogP contribution in [0.2, 0.25) is 0 Å². The van der Waals surface area contributed by atoms with Crippen molar-refractivity contribution >= 4 is 34.3 Å². The van der Waals surface area contributed by atoms with Gasteiger partial charge in [-0.1, -0.05) is 30.3 Å². The zero-order valence-corrected chi connectivity index (χ0v) is 15.0. The number of nitro groups is 1. The van der Waals surface area contributed by atoms with Crippen LogP contribution in [0.1, 0.15) is 12.5 Å². The highest BCUT2D eigenvalue weighted by molar-refractivity contribution is 5.89. The summed E-state index contributed by atoms with van der Waals surface area (Å²) in [5.41, 5.74) is 3.09. The number of carbonyl (C=O) groups is 1. The van der Waals surface area contributed by atoms with Gasteiger partial charge >= 0.3 is 0 Å². The van der Waals surface area contributed by atoms with E-state index < -0.39 is 16.9 Å². The third-order valence-electron chi connectivity index (χ3n) is 4.13. The van der Waals surface area contributed by atoms with Crippen molar-refractivity contribution < 1.29 is 14.8 Å². The first-order valence-corrected chi connectivity index (χ1v) is 8.50. The molecule has 0 unspecified atom stereocenters. The number of nitrogens with zero attached hydrogens (tertiary/aromatic N) is 2. The van der Waals surface area contributed by atoms with Crippen molar-refractivity contribution in [3.8, 4) is 5.75 Å². The monoisotopic (exact) mass is 378 g/mol. The second-order valence-corrected chi connectivity index (χ2v) is 6.16. The molecule has 28 heavy (non-hydrogen) atoms. The van der Waals surface area contributed by atoms with Crippen molar-refractivity contribution in [1.82, 2.24) is 5.43 Å². The fraction of sp³-hybridized carbons (Fsp3) is 0.100. The maximum Gasteiger partial charge on any atom is 0.270 e. The molecule has 0 bridgehead atoms. The molecule has 0 aromatic heterocycles. The molecular weight excluding hydrogens is 360 g/mol. The summed E-state index contributed by atoms with van der Waals surface area (Å²) in [6.45, 7) is 1.69. The van der Waals surface area contributed by atoms with Crippen molar-refractivity contribution in [2.45, 2.75) is 13.0 Å². The average molecular weight is 378 g/mol. The molecule has 0 spiro atoms. The topological polar surface area (TPSA) is 117 Å². The van der Waals surface area contributed by atoms with E-state index in [1.807, 2.05) is 42.5 Å². The van der Waals surface area contributed by atoms with E-state index in [9.17, 15) is 20.0 Å². The quantitative estimate of drug-likeness (QED) is 0.345.